The van der Waals surface area contributed by atoms with Crippen LogP contribution >= 0.6 is 0 Å². The van der Waals surface area contributed by atoms with Crippen LogP contribution in [0.2, 0.25) is 0 Å². The Morgan fingerprint density at radius 2 is 1.91 bits per heavy atom. The number of likely N-dealkylation sites (N-methyl/N-ethyl adjacent to an activating group) is 1. The van der Waals surface area contributed by atoms with E-state index in [1.165, 1.54) is 11.3 Å². The van der Waals surface area contributed by atoms with E-state index in [4.69, 9.17) is 0 Å². The molecule has 0 fully saturated rings. The average Bonchev–Trinajstić information content (AvgIpc) is 1.98. The van der Waals surface area contributed by atoms with Crippen molar-refractivity contribution < 1.29 is 0 Å². The fourth-order valence-corrected chi connectivity index (χ4v) is 1.01. The first-order valence-electron chi connectivity index (χ1n) is 4.13. The summed E-state index contributed by atoms with van der Waals surface area (Å²) >= 11 is 0. The van der Waals surface area contributed by atoms with Crippen molar-refractivity contribution in [3.05, 3.63) is 23.4 Å². The Balaban J connectivity index is 4.57. The third kappa shape index (κ3) is 3.26. The average molecular weight is 153 g/mol. The van der Waals surface area contributed by atoms with Gasteiger partial charge in [-0.05, 0) is 26.3 Å². The van der Waals surface area contributed by atoms with Gasteiger partial charge in [0, 0.05) is 19.8 Å². The molecule has 0 N–H and O–H groups in total. The van der Waals surface area contributed by atoms with E-state index in [2.05, 4.69) is 45.0 Å². The maximum Gasteiger partial charge on any atom is 0.0346 e. The van der Waals surface area contributed by atoms with Gasteiger partial charge in [0.1, 0.15) is 0 Å². The van der Waals surface area contributed by atoms with Crippen molar-refractivity contribution in [3.63, 3.8) is 0 Å². The SMILES string of the molecule is C/C=C\C(=C(\C)CC)N(C)C. The summed E-state index contributed by atoms with van der Waals surface area (Å²) < 4.78 is 0. The van der Waals surface area contributed by atoms with Gasteiger partial charge in [0.25, 0.3) is 0 Å². The topological polar surface area (TPSA) is 3.24 Å². The van der Waals surface area contributed by atoms with Crippen molar-refractivity contribution in [2.24, 2.45) is 0 Å². The molecule has 1 heteroatoms. The normalized spacial score (nSPS) is 13.5. The smallest absolute Gasteiger partial charge is 0.0346 e. The summed E-state index contributed by atoms with van der Waals surface area (Å²) in [4.78, 5) is 2.15. The molecule has 0 rings (SSSR count). The summed E-state index contributed by atoms with van der Waals surface area (Å²) in [6, 6.07) is 0. The van der Waals surface area contributed by atoms with Gasteiger partial charge in [-0.3, -0.25) is 0 Å². The van der Waals surface area contributed by atoms with Crippen LogP contribution in [0.4, 0.5) is 0 Å². The minimum atomic E-state index is 1.12. The molecule has 0 spiro atoms. The molecule has 64 valence electrons. The van der Waals surface area contributed by atoms with Crippen molar-refractivity contribution in [1.82, 2.24) is 4.90 Å². The molecule has 0 heterocycles. The molecule has 0 atom stereocenters. The molecular weight excluding hydrogens is 134 g/mol. The Labute approximate surface area is 70.4 Å². The number of nitrogens with zero attached hydrogens (tertiary/aromatic N) is 1. The zero-order chi connectivity index (χ0) is 8.85. The number of rotatable bonds is 3. The van der Waals surface area contributed by atoms with Crippen LogP contribution < -0.4 is 0 Å². The maximum atomic E-state index is 2.18. The molecule has 0 radical (unpaired) electrons. The van der Waals surface area contributed by atoms with Crippen LogP contribution in [0.15, 0.2) is 23.4 Å². The summed E-state index contributed by atoms with van der Waals surface area (Å²) in [7, 11) is 4.16. The van der Waals surface area contributed by atoms with Crippen LogP contribution in [-0.2, 0) is 0 Å². The summed E-state index contributed by atoms with van der Waals surface area (Å²) in [6.45, 7) is 6.41. The van der Waals surface area contributed by atoms with Gasteiger partial charge < -0.3 is 4.90 Å². The molecule has 1 nitrogen and oxygen atoms in total. The van der Waals surface area contributed by atoms with Gasteiger partial charge in [0.05, 0.1) is 0 Å². The van der Waals surface area contributed by atoms with Gasteiger partial charge in [-0.25, -0.2) is 0 Å². The van der Waals surface area contributed by atoms with Crippen LogP contribution in [0.25, 0.3) is 0 Å². The molecule has 0 saturated heterocycles. The van der Waals surface area contributed by atoms with Gasteiger partial charge in [-0.15, -0.1) is 0 Å². The molecule has 0 amide bonds. The summed E-state index contributed by atoms with van der Waals surface area (Å²) in [5.41, 5.74) is 2.77. The predicted octanol–water partition coefficient (Wildman–Crippen LogP) is 2.81. The fraction of sp³-hybridized carbons (Fsp3) is 0.600. The van der Waals surface area contributed by atoms with Gasteiger partial charge >= 0.3 is 0 Å². The van der Waals surface area contributed by atoms with Gasteiger partial charge in [0.2, 0.25) is 0 Å². The standard InChI is InChI=1S/C10H19N/c1-6-8-10(11(4)5)9(3)7-2/h6,8H,7H2,1-5H3/b8-6-,10-9+. The van der Waals surface area contributed by atoms with E-state index in [0.29, 0.717) is 0 Å². The summed E-state index contributed by atoms with van der Waals surface area (Å²) in [5, 5.41) is 0. The summed E-state index contributed by atoms with van der Waals surface area (Å²) in [5.74, 6) is 0. The van der Waals surface area contributed by atoms with Gasteiger partial charge in [-0.2, -0.15) is 0 Å². The lowest BCUT2D eigenvalue weighted by molar-refractivity contribution is 0.520. The molecular formula is C10H19N. The van der Waals surface area contributed by atoms with E-state index >= 15 is 0 Å². The van der Waals surface area contributed by atoms with E-state index in [1.807, 2.05) is 6.92 Å². The second kappa shape index (κ2) is 5.00. The minimum absolute atomic E-state index is 1.12. The first-order valence-corrected chi connectivity index (χ1v) is 4.13. The quantitative estimate of drug-likeness (QED) is 0.563. The highest BCUT2D eigenvalue weighted by Crippen LogP contribution is 2.11. The number of allylic oxidation sites excluding steroid dienone is 3. The van der Waals surface area contributed by atoms with Gasteiger partial charge in [-0.1, -0.05) is 18.6 Å². The van der Waals surface area contributed by atoms with E-state index in [0.717, 1.165) is 6.42 Å². The van der Waals surface area contributed by atoms with E-state index in [-0.39, 0.29) is 0 Å². The Hall–Kier alpha value is -0.720. The van der Waals surface area contributed by atoms with Crippen LogP contribution in [0.5, 0.6) is 0 Å². The monoisotopic (exact) mass is 153 g/mol. The fourth-order valence-electron chi connectivity index (χ4n) is 1.01. The second-order valence-corrected chi connectivity index (χ2v) is 2.91. The lowest BCUT2D eigenvalue weighted by atomic mass is 10.1. The number of hydrogen-bond donors (Lipinski definition) is 0. The third-order valence-corrected chi connectivity index (χ3v) is 1.77. The Morgan fingerprint density at radius 1 is 1.36 bits per heavy atom. The Kier molecular flexibility index (Phi) is 4.67. The second-order valence-electron chi connectivity index (χ2n) is 2.91. The van der Waals surface area contributed by atoms with Crippen LogP contribution in [0.1, 0.15) is 27.2 Å². The lowest BCUT2D eigenvalue weighted by Gasteiger charge is -2.16. The maximum absolute atomic E-state index is 2.18. The van der Waals surface area contributed by atoms with Crippen LogP contribution in [0.3, 0.4) is 0 Å². The van der Waals surface area contributed by atoms with Crippen LogP contribution in [-0.4, -0.2) is 19.0 Å². The molecule has 0 aromatic heterocycles. The van der Waals surface area contributed by atoms with Crippen molar-refractivity contribution in [2.75, 3.05) is 14.1 Å². The molecule has 0 aliphatic rings. The van der Waals surface area contributed by atoms with Crippen molar-refractivity contribution in [1.29, 1.82) is 0 Å². The molecule has 0 bridgehead atoms. The lowest BCUT2D eigenvalue weighted by Crippen LogP contribution is -2.10. The van der Waals surface area contributed by atoms with E-state index in [9.17, 15) is 0 Å². The first kappa shape index (κ1) is 10.3. The summed E-state index contributed by atoms with van der Waals surface area (Å²) in [6.07, 6.45) is 5.35. The molecule has 0 aromatic carbocycles. The molecule has 0 unspecified atom stereocenters. The molecule has 0 saturated carbocycles. The molecule has 0 aliphatic carbocycles. The predicted molar refractivity (Wildman–Crippen MR) is 51.5 cm³/mol. The number of hydrogen-bond acceptors (Lipinski definition) is 1. The molecule has 11 heavy (non-hydrogen) atoms. The Morgan fingerprint density at radius 3 is 2.18 bits per heavy atom. The van der Waals surface area contributed by atoms with Gasteiger partial charge in [0.15, 0.2) is 0 Å². The third-order valence-electron chi connectivity index (χ3n) is 1.77. The van der Waals surface area contributed by atoms with Crippen LogP contribution in [0, 0.1) is 0 Å². The highest BCUT2D eigenvalue weighted by atomic mass is 15.1. The zero-order valence-electron chi connectivity index (χ0n) is 8.31. The van der Waals surface area contributed by atoms with Crippen molar-refractivity contribution >= 4 is 0 Å². The van der Waals surface area contributed by atoms with Crippen molar-refractivity contribution in [2.45, 2.75) is 27.2 Å². The Bertz CT molecular complexity index is 164. The first-order chi connectivity index (χ1) is 5.13. The van der Waals surface area contributed by atoms with E-state index in [1.54, 1.807) is 0 Å². The largest absolute Gasteiger partial charge is 0.378 e. The minimum Gasteiger partial charge on any atom is -0.378 e. The van der Waals surface area contributed by atoms with E-state index < -0.39 is 0 Å². The van der Waals surface area contributed by atoms with Crippen molar-refractivity contribution in [3.8, 4) is 0 Å². The molecule has 0 aliphatic heterocycles. The zero-order valence-corrected chi connectivity index (χ0v) is 8.31. The highest BCUT2D eigenvalue weighted by molar-refractivity contribution is 5.22. The highest BCUT2D eigenvalue weighted by Gasteiger charge is 1.97. The molecule has 0 aromatic rings.